The molecule has 2 aromatic carbocycles. The Morgan fingerprint density at radius 2 is 1.90 bits per heavy atom. The van der Waals surface area contributed by atoms with Crippen LogP contribution in [0.5, 0.6) is 0 Å². The fourth-order valence-electron chi connectivity index (χ4n) is 3.34. The molecule has 0 aliphatic heterocycles. The Kier molecular flexibility index (Phi) is 5.20. The van der Waals surface area contributed by atoms with Crippen LogP contribution in [0, 0.1) is 6.92 Å². The Bertz CT molecular complexity index is 1140. The van der Waals surface area contributed by atoms with Crippen molar-refractivity contribution >= 4 is 32.6 Å². The van der Waals surface area contributed by atoms with Gasteiger partial charge in [0, 0.05) is 12.7 Å². The number of para-hydroxylation sites is 1. The molecule has 0 saturated heterocycles. The maximum atomic E-state index is 13.4. The quantitative estimate of drug-likeness (QED) is 0.453. The van der Waals surface area contributed by atoms with E-state index < -0.39 is 0 Å². The smallest absolute Gasteiger partial charge is 0.278 e. The monoisotopic (exact) mass is 404 g/mol. The molecule has 0 N–H and O–H groups in total. The second-order valence-electron chi connectivity index (χ2n) is 7.52. The summed E-state index contributed by atoms with van der Waals surface area (Å²) in [6, 6.07) is 18.1. The van der Waals surface area contributed by atoms with E-state index in [1.807, 2.05) is 50.4 Å². The molecule has 0 saturated carbocycles. The van der Waals surface area contributed by atoms with E-state index in [-0.39, 0.29) is 5.91 Å². The van der Waals surface area contributed by atoms with Gasteiger partial charge < -0.3 is 0 Å². The van der Waals surface area contributed by atoms with E-state index in [1.54, 1.807) is 20.9 Å². The van der Waals surface area contributed by atoms with Crippen molar-refractivity contribution in [2.45, 2.75) is 33.2 Å². The van der Waals surface area contributed by atoms with Gasteiger partial charge in [0.05, 0.1) is 16.8 Å². The molecule has 0 atom stereocenters. The first-order valence-electron chi connectivity index (χ1n) is 9.70. The molecule has 148 valence electrons. The summed E-state index contributed by atoms with van der Waals surface area (Å²) in [5.41, 5.74) is 4.61. The molecular formula is C23H24N4OS. The van der Waals surface area contributed by atoms with Crippen LogP contribution in [-0.2, 0) is 13.6 Å². The predicted molar refractivity (Wildman–Crippen MR) is 119 cm³/mol. The zero-order valence-corrected chi connectivity index (χ0v) is 17.9. The number of fused-ring (bicyclic) bond motifs is 1. The molecule has 0 fully saturated rings. The van der Waals surface area contributed by atoms with E-state index in [2.05, 4.69) is 37.1 Å². The van der Waals surface area contributed by atoms with Gasteiger partial charge in [0.1, 0.15) is 0 Å². The molecule has 5 nitrogen and oxygen atoms in total. The van der Waals surface area contributed by atoms with Gasteiger partial charge in [-0.1, -0.05) is 67.6 Å². The highest BCUT2D eigenvalue weighted by atomic mass is 32.1. The lowest BCUT2D eigenvalue weighted by Gasteiger charge is -2.19. The SMILES string of the molecule is Cc1cc(C(=O)N(Cc2ccccc2)c2nc3c(C(C)C)cccc3s2)nn1C. The van der Waals surface area contributed by atoms with Crippen molar-refractivity contribution in [3.8, 4) is 0 Å². The number of benzene rings is 2. The maximum Gasteiger partial charge on any atom is 0.280 e. The summed E-state index contributed by atoms with van der Waals surface area (Å²) in [7, 11) is 1.85. The molecule has 29 heavy (non-hydrogen) atoms. The van der Waals surface area contributed by atoms with Crippen LogP contribution >= 0.6 is 11.3 Å². The van der Waals surface area contributed by atoms with Crippen molar-refractivity contribution in [3.63, 3.8) is 0 Å². The van der Waals surface area contributed by atoms with E-state index >= 15 is 0 Å². The van der Waals surface area contributed by atoms with E-state index in [0.29, 0.717) is 23.3 Å². The molecule has 0 aliphatic rings. The highest BCUT2D eigenvalue weighted by molar-refractivity contribution is 7.22. The molecule has 4 rings (SSSR count). The Hall–Kier alpha value is -2.99. The van der Waals surface area contributed by atoms with Crippen molar-refractivity contribution in [3.05, 3.63) is 77.1 Å². The summed E-state index contributed by atoms with van der Waals surface area (Å²) in [5, 5.41) is 5.10. The van der Waals surface area contributed by atoms with Crippen LogP contribution in [0.25, 0.3) is 10.2 Å². The third kappa shape index (κ3) is 3.80. The van der Waals surface area contributed by atoms with Crippen LogP contribution in [0.4, 0.5) is 5.13 Å². The van der Waals surface area contributed by atoms with Crippen molar-refractivity contribution in [1.82, 2.24) is 14.8 Å². The van der Waals surface area contributed by atoms with Gasteiger partial charge in [0.2, 0.25) is 0 Å². The van der Waals surface area contributed by atoms with Gasteiger partial charge in [-0.2, -0.15) is 5.10 Å². The number of nitrogens with zero attached hydrogens (tertiary/aromatic N) is 4. The Balaban J connectivity index is 1.80. The van der Waals surface area contributed by atoms with Crippen molar-refractivity contribution in [2.24, 2.45) is 7.05 Å². The number of carbonyl (C=O) groups excluding carboxylic acids is 1. The highest BCUT2D eigenvalue weighted by Crippen LogP contribution is 2.34. The number of hydrogen-bond acceptors (Lipinski definition) is 4. The molecule has 0 spiro atoms. The standard InChI is InChI=1S/C23H24N4OS/c1-15(2)18-11-8-12-20-21(18)24-23(29-20)27(14-17-9-6-5-7-10-17)22(28)19-13-16(3)26(4)25-19/h5-13,15H,14H2,1-4H3. The number of aryl methyl sites for hydroxylation is 2. The van der Waals surface area contributed by atoms with E-state index in [9.17, 15) is 4.79 Å². The third-order valence-electron chi connectivity index (χ3n) is 5.05. The van der Waals surface area contributed by atoms with E-state index in [4.69, 9.17) is 4.98 Å². The van der Waals surface area contributed by atoms with Crippen LogP contribution in [0.15, 0.2) is 54.6 Å². The van der Waals surface area contributed by atoms with Gasteiger partial charge in [0.25, 0.3) is 5.91 Å². The fraction of sp³-hybridized carbons (Fsp3) is 0.261. The predicted octanol–water partition coefficient (Wildman–Crippen LogP) is 5.31. The Morgan fingerprint density at radius 1 is 1.14 bits per heavy atom. The first-order valence-corrected chi connectivity index (χ1v) is 10.5. The number of rotatable bonds is 5. The minimum absolute atomic E-state index is 0.136. The van der Waals surface area contributed by atoms with Crippen molar-refractivity contribution in [1.29, 1.82) is 0 Å². The summed E-state index contributed by atoms with van der Waals surface area (Å²) < 4.78 is 2.82. The lowest BCUT2D eigenvalue weighted by Crippen LogP contribution is -2.30. The molecule has 2 heterocycles. The zero-order chi connectivity index (χ0) is 20.5. The summed E-state index contributed by atoms with van der Waals surface area (Å²) in [6.07, 6.45) is 0. The molecule has 2 aromatic heterocycles. The molecule has 1 amide bonds. The first kappa shape index (κ1) is 19.3. The summed E-state index contributed by atoms with van der Waals surface area (Å²) >= 11 is 1.55. The number of aromatic nitrogens is 3. The molecular weight excluding hydrogens is 380 g/mol. The number of hydrogen-bond donors (Lipinski definition) is 0. The molecule has 0 unspecified atom stereocenters. The van der Waals surface area contributed by atoms with Gasteiger partial charge in [-0.3, -0.25) is 14.4 Å². The van der Waals surface area contributed by atoms with Gasteiger partial charge in [-0.05, 0) is 36.1 Å². The average molecular weight is 405 g/mol. The Morgan fingerprint density at radius 3 is 2.55 bits per heavy atom. The van der Waals surface area contributed by atoms with E-state index in [1.165, 1.54) is 5.56 Å². The normalized spacial score (nSPS) is 11.3. The highest BCUT2D eigenvalue weighted by Gasteiger charge is 2.25. The second kappa shape index (κ2) is 7.79. The molecule has 0 aliphatic carbocycles. The Labute approximate surface area is 174 Å². The van der Waals surface area contributed by atoms with Gasteiger partial charge in [-0.15, -0.1) is 0 Å². The van der Waals surface area contributed by atoms with Crippen LogP contribution in [0.1, 0.15) is 47.1 Å². The van der Waals surface area contributed by atoms with Crippen LogP contribution < -0.4 is 4.90 Å². The molecule has 6 heteroatoms. The summed E-state index contributed by atoms with van der Waals surface area (Å²) in [5.74, 6) is 0.230. The average Bonchev–Trinajstić information content (AvgIpc) is 3.29. The first-order chi connectivity index (χ1) is 13.9. The minimum atomic E-state index is -0.136. The molecule has 4 aromatic rings. The van der Waals surface area contributed by atoms with Crippen molar-refractivity contribution < 1.29 is 4.79 Å². The number of anilines is 1. The van der Waals surface area contributed by atoms with Crippen LogP contribution in [0.3, 0.4) is 0 Å². The van der Waals surface area contributed by atoms with Crippen molar-refractivity contribution in [2.75, 3.05) is 4.90 Å². The maximum absolute atomic E-state index is 13.4. The fourth-order valence-corrected chi connectivity index (χ4v) is 4.33. The number of thiazole rings is 1. The lowest BCUT2D eigenvalue weighted by atomic mass is 10.0. The molecule has 0 radical (unpaired) electrons. The zero-order valence-electron chi connectivity index (χ0n) is 17.1. The largest absolute Gasteiger partial charge is 0.280 e. The summed E-state index contributed by atoms with van der Waals surface area (Å²) in [6.45, 7) is 6.72. The van der Waals surface area contributed by atoms with Gasteiger partial charge in [0.15, 0.2) is 10.8 Å². The third-order valence-corrected chi connectivity index (χ3v) is 6.10. The minimum Gasteiger partial charge on any atom is -0.278 e. The van der Waals surface area contributed by atoms with Gasteiger partial charge >= 0.3 is 0 Å². The summed E-state index contributed by atoms with van der Waals surface area (Å²) in [4.78, 5) is 20.1. The van der Waals surface area contributed by atoms with Crippen LogP contribution in [0.2, 0.25) is 0 Å². The number of carbonyl (C=O) groups is 1. The van der Waals surface area contributed by atoms with Crippen LogP contribution in [-0.4, -0.2) is 20.7 Å². The lowest BCUT2D eigenvalue weighted by molar-refractivity contribution is 0.0979. The van der Waals surface area contributed by atoms with Gasteiger partial charge in [-0.25, -0.2) is 4.98 Å². The second-order valence-corrected chi connectivity index (χ2v) is 8.53. The topological polar surface area (TPSA) is 51.0 Å². The molecule has 0 bridgehead atoms. The number of amides is 1. The van der Waals surface area contributed by atoms with E-state index in [0.717, 1.165) is 21.5 Å².